The largest absolute Gasteiger partial charge is 0.355 e. The minimum absolute atomic E-state index is 0.863. The van der Waals surface area contributed by atoms with Crippen LogP contribution in [0.2, 0.25) is 0 Å². The number of hydrogen-bond donors (Lipinski definition) is 1. The highest BCUT2D eigenvalue weighted by Crippen LogP contribution is 2.31. The maximum Gasteiger partial charge on any atom is 0.0463 e. The Balaban J connectivity index is 0.00000382. The standard InChI is InChI=1S/C36H39N.C2H6.C2H4/c1-9-15-27(5)28(6)21-22-29(7)30(8)35(18-12-4)37-36-20-14-13-19-34(36)33-25-23-32(24-26-33)31(16-10-2)17-11-3;2*1-2/h9-26,37H,2,5-7H2,1,3-4,8H3;1-2H3;1-2H2/b15-9-,17-11-,18-12-,22-21-,31-16+,35-30-;;. The van der Waals surface area contributed by atoms with Crippen LogP contribution >= 0.6 is 0 Å². The van der Waals surface area contributed by atoms with Crippen molar-refractivity contribution < 1.29 is 0 Å². The first-order chi connectivity index (χ1) is 19.9. The van der Waals surface area contributed by atoms with Crippen molar-refractivity contribution in [3.8, 4) is 11.1 Å². The van der Waals surface area contributed by atoms with Gasteiger partial charge in [-0.25, -0.2) is 0 Å². The normalized spacial score (nSPS) is 11.9. The summed E-state index contributed by atoms with van der Waals surface area (Å²) >= 11 is 0. The summed E-state index contributed by atoms with van der Waals surface area (Å²) in [7, 11) is 0. The molecule has 0 amide bonds. The van der Waals surface area contributed by atoms with Gasteiger partial charge in [0.05, 0.1) is 0 Å². The highest BCUT2D eigenvalue weighted by Gasteiger charge is 2.09. The summed E-state index contributed by atoms with van der Waals surface area (Å²) in [5, 5.41) is 3.65. The van der Waals surface area contributed by atoms with Gasteiger partial charge in [0.25, 0.3) is 0 Å². The molecule has 0 saturated carbocycles. The maximum absolute atomic E-state index is 4.29. The molecule has 214 valence electrons. The van der Waals surface area contributed by atoms with Crippen molar-refractivity contribution in [1.82, 2.24) is 0 Å². The Morgan fingerprint density at radius 3 is 1.78 bits per heavy atom. The number of anilines is 1. The van der Waals surface area contributed by atoms with E-state index in [0.29, 0.717) is 0 Å². The number of nitrogens with one attached hydrogen (secondary N) is 1. The van der Waals surface area contributed by atoms with Gasteiger partial charge in [0, 0.05) is 16.9 Å². The van der Waals surface area contributed by atoms with Gasteiger partial charge in [0.2, 0.25) is 0 Å². The second-order valence-electron chi connectivity index (χ2n) is 8.55. The summed E-state index contributed by atoms with van der Waals surface area (Å²) < 4.78 is 0. The van der Waals surface area contributed by atoms with Gasteiger partial charge in [-0.1, -0.05) is 137 Å². The van der Waals surface area contributed by atoms with E-state index in [1.54, 1.807) is 0 Å². The van der Waals surface area contributed by atoms with Crippen LogP contribution in [0.15, 0.2) is 177 Å². The third-order valence-corrected chi connectivity index (χ3v) is 5.85. The van der Waals surface area contributed by atoms with E-state index in [9.17, 15) is 0 Å². The molecule has 41 heavy (non-hydrogen) atoms. The molecule has 0 saturated heterocycles. The molecule has 2 aromatic rings. The Labute approximate surface area is 251 Å². The fourth-order valence-electron chi connectivity index (χ4n) is 3.73. The number of rotatable bonds is 12. The van der Waals surface area contributed by atoms with Gasteiger partial charge < -0.3 is 5.32 Å². The van der Waals surface area contributed by atoms with Crippen LogP contribution in [-0.4, -0.2) is 0 Å². The van der Waals surface area contributed by atoms with Gasteiger partial charge in [-0.3, -0.25) is 0 Å². The van der Waals surface area contributed by atoms with Crippen LogP contribution < -0.4 is 5.32 Å². The zero-order valence-electron chi connectivity index (χ0n) is 26.1. The first kappa shape index (κ1) is 36.4. The summed E-state index contributed by atoms with van der Waals surface area (Å²) in [6.07, 6.45) is 19.9. The third kappa shape index (κ3) is 12.0. The molecule has 0 aromatic heterocycles. The predicted molar refractivity (Wildman–Crippen MR) is 190 cm³/mol. The second kappa shape index (κ2) is 21.2. The molecule has 0 aliphatic carbocycles. The van der Waals surface area contributed by atoms with Crippen molar-refractivity contribution in [2.75, 3.05) is 5.32 Å². The summed E-state index contributed by atoms with van der Waals surface area (Å²) in [5.41, 5.74) is 10.3. The van der Waals surface area contributed by atoms with Crippen LogP contribution in [0.1, 0.15) is 47.1 Å². The van der Waals surface area contributed by atoms with E-state index >= 15 is 0 Å². The van der Waals surface area contributed by atoms with Gasteiger partial charge in [-0.15, -0.1) is 13.2 Å². The van der Waals surface area contributed by atoms with Crippen molar-refractivity contribution in [2.45, 2.75) is 41.5 Å². The van der Waals surface area contributed by atoms with E-state index in [4.69, 9.17) is 0 Å². The predicted octanol–water partition coefficient (Wildman–Crippen LogP) is 12.4. The molecule has 0 radical (unpaired) electrons. The Hall–Kier alpha value is -4.62. The number of allylic oxidation sites excluding steroid dienone is 15. The SMILES string of the molecule is C=C.C=C/C=C(\C=C/C)c1ccc(-c2ccccc2NC(/C=C\C)=C(/C)C(=C)/C=C\C(=C)C(=C)/C=C\C)cc1.CC. The third-order valence-electron chi connectivity index (χ3n) is 5.85. The van der Waals surface area contributed by atoms with Crippen LogP contribution in [-0.2, 0) is 0 Å². The topological polar surface area (TPSA) is 12.0 Å². The van der Waals surface area contributed by atoms with Gasteiger partial charge in [0.15, 0.2) is 0 Å². The lowest BCUT2D eigenvalue weighted by molar-refractivity contribution is 1.32. The summed E-state index contributed by atoms with van der Waals surface area (Å²) in [6, 6.07) is 17.0. The molecule has 0 aliphatic rings. The average Bonchev–Trinajstić information content (AvgIpc) is 3.01. The summed E-state index contributed by atoms with van der Waals surface area (Å²) in [5.74, 6) is 0. The summed E-state index contributed by atoms with van der Waals surface area (Å²) in [6.45, 7) is 34.4. The first-order valence-corrected chi connectivity index (χ1v) is 14.0. The molecular weight excluding hydrogens is 494 g/mol. The highest BCUT2D eigenvalue weighted by atomic mass is 14.9. The second-order valence-corrected chi connectivity index (χ2v) is 8.55. The lowest BCUT2D eigenvalue weighted by Crippen LogP contribution is -2.02. The molecule has 0 spiro atoms. The van der Waals surface area contributed by atoms with E-state index in [1.807, 2.05) is 89.3 Å². The molecule has 0 fully saturated rings. The monoisotopic (exact) mass is 543 g/mol. The van der Waals surface area contributed by atoms with Crippen molar-refractivity contribution in [3.05, 3.63) is 182 Å². The molecule has 0 atom stereocenters. The van der Waals surface area contributed by atoms with Crippen LogP contribution in [0, 0.1) is 0 Å². The minimum Gasteiger partial charge on any atom is -0.355 e. The Morgan fingerprint density at radius 1 is 0.683 bits per heavy atom. The lowest BCUT2D eigenvalue weighted by Gasteiger charge is -2.16. The molecule has 0 heterocycles. The van der Waals surface area contributed by atoms with Crippen LogP contribution in [0.5, 0.6) is 0 Å². The van der Waals surface area contributed by atoms with Crippen LogP contribution in [0.3, 0.4) is 0 Å². The number of benzene rings is 2. The highest BCUT2D eigenvalue weighted by molar-refractivity contribution is 5.82. The Morgan fingerprint density at radius 2 is 1.22 bits per heavy atom. The molecule has 0 bridgehead atoms. The van der Waals surface area contributed by atoms with Crippen molar-refractivity contribution >= 4 is 11.3 Å². The fourth-order valence-corrected chi connectivity index (χ4v) is 3.73. The quantitative estimate of drug-likeness (QED) is 0.207. The van der Waals surface area contributed by atoms with E-state index in [1.165, 1.54) is 0 Å². The Bertz CT molecular complexity index is 1330. The lowest BCUT2D eigenvalue weighted by atomic mass is 9.98. The molecule has 2 rings (SSSR count). The first-order valence-electron chi connectivity index (χ1n) is 14.0. The summed E-state index contributed by atoms with van der Waals surface area (Å²) in [4.78, 5) is 0. The Kier molecular flexibility index (Phi) is 18.8. The van der Waals surface area contributed by atoms with Crippen LogP contribution in [0.25, 0.3) is 16.7 Å². The molecule has 0 unspecified atom stereocenters. The van der Waals surface area contributed by atoms with Gasteiger partial charge >= 0.3 is 0 Å². The average molecular weight is 544 g/mol. The van der Waals surface area contributed by atoms with Gasteiger partial charge in [-0.05, 0) is 78.8 Å². The van der Waals surface area contributed by atoms with Crippen LogP contribution in [0.4, 0.5) is 5.69 Å². The van der Waals surface area contributed by atoms with E-state index in [2.05, 4.69) is 106 Å². The molecule has 1 N–H and O–H groups in total. The zero-order valence-corrected chi connectivity index (χ0v) is 26.1. The van der Waals surface area contributed by atoms with Gasteiger partial charge in [-0.2, -0.15) is 0 Å². The van der Waals surface area contributed by atoms with Crippen molar-refractivity contribution in [2.24, 2.45) is 0 Å². The number of para-hydroxylation sites is 1. The molecule has 1 heteroatoms. The maximum atomic E-state index is 4.29. The minimum atomic E-state index is 0.863. The number of hydrogen-bond acceptors (Lipinski definition) is 1. The molecular formula is C40H49N. The van der Waals surface area contributed by atoms with E-state index in [-0.39, 0.29) is 0 Å². The van der Waals surface area contributed by atoms with Gasteiger partial charge in [0.1, 0.15) is 0 Å². The van der Waals surface area contributed by atoms with E-state index in [0.717, 1.165) is 55.9 Å². The smallest absolute Gasteiger partial charge is 0.0463 e. The molecule has 1 nitrogen and oxygen atoms in total. The molecule has 0 aliphatic heterocycles. The van der Waals surface area contributed by atoms with E-state index < -0.39 is 0 Å². The zero-order chi connectivity index (χ0) is 31.2. The molecule has 2 aromatic carbocycles. The van der Waals surface area contributed by atoms with Crippen molar-refractivity contribution in [1.29, 1.82) is 0 Å². The fraction of sp³-hybridized carbons (Fsp3) is 0.150. The van der Waals surface area contributed by atoms with Crippen molar-refractivity contribution in [3.63, 3.8) is 0 Å².